The van der Waals surface area contributed by atoms with Gasteiger partial charge in [0.1, 0.15) is 24.6 Å². The molecule has 1 heterocycles. The number of benzene rings is 2. The normalized spacial score (nSPS) is 10.4. The summed E-state index contributed by atoms with van der Waals surface area (Å²) in [5, 5.41) is 13.8. The molecule has 31 heavy (non-hydrogen) atoms. The first kappa shape index (κ1) is 22.6. The zero-order valence-corrected chi connectivity index (χ0v) is 19.1. The van der Waals surface area contributed by atoms with E-state index in [9.17, 15) is 14.4 Å². The number of aromatic amines is 1. The summed E-state index contributed by atoms with van der Waals surface area (Å²) in [6.45, 7) is -0.333. The number of amides is 2. The summed E-state index contributed by atoms with van der Waals surface area (Å²) in [5.41, 5.74) is 1.77. The van der Waals surface area contributed by atoms with E-state index >= 15 is 0 Å². The lowest BCUT2D eigenvalue weighted by Gasteiger charge is -2.14. The van der Waals surface area contributed by atoms with Gasteiger partial charge in [0.2, 0.25) is 0 Å². The Morgan fingerprint density at radius 1 is 1.00 bits per heavy atom. The molecular weight excluding hydrogens is 534 g/mol. The van der Waals surface area contributed by atoms with E-state index in [-0.39, 0.29) is 23.8 Å². The Bertz CT molecular complexity index is 1100. The molecule has 2 aromatic carbocycles. The van der Waals surface area contributed by atoms with Crippen LogP contribution in [0.5, 0.6) is 5.75 Å². The number of carbonyl (C=O) groups excluding carboxylic acids is 2. The zero-order chi connectivity index (χ0) is 22.4. The topological polar surface area (TPSA) is 121 Å². The van der Waals surface area contributed by atoms with E-state index in [0.717, 1.165) is 5.56 Å². The number of anilines is 1. The molecule has 0 atom stereocenters. The molecule has 10 heteroatoms. The summed E-state index contributed by atoms with van der Waals surface area (Å²) in [7, 11) is 0. The Morgan fingerprint density at radius 2 is 1.74 bits per heavy atom. The highest BCUT2D eigenvalue weighted by molar-refractivity contribution is 9.13. The molecule has 2 amide bonds. The van der Waals surface area contributed by atoms with Crippen LogP contribution in [0.3, 0.4) is 0 Å². The van der Waals surface area contributed by atoms with Crippen molar-refractivity contribution in [2.24, 2.45) is 0 Å². The predicted molar refractivity (Wildman–Crippen MR) is 121 cm³/mol. The number of carbonyl (C=O) groups is 3. The second kappa shape index (κ2) is 10.3. The Morgan fingerprint density at radius 3 is 2.39 bits per heavy atom. The summed E-state index contributed by atoms with van der Waals surface area (Å²) < 4.78 is 7.16. The lowest BCUT2D eigenvalue weighted by atomic mass is 10.1. The van der Waals surface area contributed by atoms with E-state index in [2.05, 4.69) is 47.5 Å². The molecule has 3 aromatic rings. The lowest BCUT2D eigenvalue weighted by Crippen LogP contribution is -2.29. The number of H-pyrrole nitrogens is 1. The van der Waals surface area contributed by atoms with Gasteiger partial charge in [0.05, 0.1) is 14.6 Å². The third-order valence-electron chi connectivity index (χ3n) is 4.09. The fraction of sp³-hybridized carbons (Fsp3) is 0.0952. The molecule has 0 aliphatic carbocycles. The molecule has 4 N–H and O–H groups in total. The van der Waals surface area contributed by atoms with Crippen LogP contribution < -0.4 is 15.4 Å². The quantitative estimate of drug-likeness (QED) is 0.335. The number of carboxylic acid groups (broad SMARTS) is 1. The van der Waals surface area contributed by atoms with Crippen LogP contribution in [0.25, 0.3) is 0 Å². The summed E-state index contributed by atoms with van der Waals surface area (Å²) in [5.74, 6) is -1.94. The molecule has 8 nitrogen and oxygen atoms in total. The maximum atomic E-state index is 12.5. The summed E-state index contributed by atoms with van der Waals surface area (Å²) in [6.07, 6.45) is 0. The van der Waals surface area contributed by atoms with Gasteiger partial charge in [-0.2, -0.15) is 0 Å². The Balaban J connectivity index is 1.82. The molecule has 1 aromatic heterocycles. The van der Waals surface area contributed by atoms with Crippen LogP contribution in [0, 0.1) is 0 Å². The highest BCUT2D eigenvalue weighted by Crippen LogP contribution is 2.27. The standard InChI is InChI=1S/C21H17Br2N3O5/c22-15-9-16(26-19(15)23)21(30)25-13-6-7-14(20(29)24-10-18(27)28)17(8-13)31-11-12-4-2-1-3-5-12/h1-9,26H,10-11H2,(H,24,29)(H,25,30)(H,27,28). The molecule has 0 aliphatic rings. The molecule has 160 valence electrons. The molecule has 0 saturated carbocycles. The lowest BCUT2D eigenvalue weighted by molar-refractivity contribution is -0.135. The number of hydrogen-bond donors (Lipinski definition) is 4. The maximum Gasteiger partial charge on any atom is 0.322 e. The van der Waals surface area contributed by atoms with Crippen LogP contribution in [0.4, 0.5) is 5.69 Å². The van der Waals surface area contributed by atoms with Crippen molar-refractivity contribution in [3.63, 3.8) is 0 Å². The van der Waals surface area contributed by atoms with Crippen molar-refractivity contribution in [1.82, 2.24) is 10.3 Å². The number of rotatable bonds is 8. The van der Waals surface area contributed by atoms with Crippen LogP contribution in [-0.2, 0) is 11.4 Å². The first-order valence-electron chi connectivity index (χ1n) is 8.99. The minimum atomic E-state index is -1.16. The van der Waals surface area contributed by atoms with Gasteiger partial charge in [0.15, 0.2) is 0 Å². The van der Waals surface area contributed by atoms with Crippen LogP contribution in [0.15, 0.2) is 63.7 Å². The van der Waals surface area contributed by atoms with Gasteiger partial charge in [0.25, 0.3) is 11.8 Å². The SMILES string of the molecule is O=C(O)CNC(=O)c1ccc(NC(=O)c2cc(Br)c(Br)[nH]2)cc1OCc1ccccc1. The third kappa shape index (κ3) is 6.19. The molecule has 0 bridgehead atoms. The van der Waals surface area contributed by atoms with E-state index in [1.54, 1.807) is 6.07 Å². The van der Waals surface area contributed by atoms with Crippen molar-refractivity contribution in [3.8, 4) is 5.75 Å². The molecular formula is C21H17Br2N3O5. The van der Waals surface area contributed by atoms with Gasteiger partial charge in [-0.1, -0.05) is 30.3 Å². The van der Waals surface area contributed by atoms with Crippen molar-refractivity contribution >= 4 is 55.3 Å². The van der Waals surface area contributed by atoms with Crippen molar-refractivity contribution in [2.45, 2.75) is 6.61 Å². The molecule has 0 fully saturated rings. The van der Waals surface area contributed by atoms with E-state index < -0.39 is 18.4 Å². The van der Waals surface area contributed by atoms with Crippen molar-refractivity contribution < 1.29 is 24.2 Å². The van der Waals surface area contributed by atoms with E-state index in [4.69, 9.17) is 9.84 Å². The number of aromatic nitrogens is 1. The Hall–Kier alpha value is -3.11. The highest BCUT2D eigenvalue weighted by atomic mass is 79.9. The minimum absolute atomic E-state index is 0.153. The van der Waals surface area contributed by atoms with Gasteiger partial charge in [-0.3, -0.25) is 14.4 Å². The van der Waals surface area contributed by atoms with Crippen LogP contribution in [0.1, 0.15) is 26.4 Å². The largest absolute Gasteiger partial charge is 0.488 e. The average molecular weight is 551 g/mol. The van der Waals surface area contributed by atoms with Crippen molar-refractivity contribution in [3.05, 3.63) is 80.5 Å². The highest BCUT2D eigenvalue weighted by Gasteiger charge is 2.17. The number of aliphatic carboxylic acids is 1. The third-order valence-corrected chi connectivity index (χ3v) is 5.87. The second-order valence-corrected chi connectivity index (χ2v) is 8.01. The molecule has 0 unspecified atom stereocenters. The fourth-order valence-corrected chi connectivity index (χ4v) is 3.27. The molecule has 0 aliphatic heterocycles. The summed E-state index contributed by atoms with van der Waals surface area (Å²) in [6, 6.07) is 15.5. The Kier molecular flexibility index (Phi) is 7.48. The first-order valence-corrected chi connectivity index (χ1v) is 10.6. The molecule has 0 radical (unpaired) electrons. The van der Waals surface area contributed by atoms with E-state index in [0.29, 0.717) is 20.5 Å². The van der Waals surface area contributed by atoms with Gasteiger partial charge in [0, 0.05) is 11.8 Å². The van der Waals surface area contributed by atoms with E-state index in [1.165, 1.54) is 18.2 Å². The maximum absolute atomic E-state index is 12.5. The van der Waals surface area contributed by atoms with E-state index in [1.807, 2.05) is 30.3 Å². The van der Waals surface area contributed by atoms with Gasteiger partial charge < -0.3 is 25.5 Å². The monoisotopic (exact) mass is 549 g/mol. The van der Waals surface area contributed by atoms with Gasteiger partial charge in [-0.25, -0.2) is 0 Å². The number of halogens is 2. The van der Waals surface area contributed by atoms with Crippen molar-refractivity contribution in [1.29, 1.82) is 0 Å². The zero-order valence-electron chi connectivity index (χ0n) is 15.9. The predicted octanol–water partition coefficient (Wildman–Crippen LogP) is 4.19. The van der Waals surface area contributed by atoms with Gasteiger partial charge >= 0.3 is 5.97 Å². The smallest absolute Gasteiger partial charge is 0.322 e. The second-order valence-electron chi connectivity index (χ2n) is 6.36. The number of hydrogen-bond acceptors (Lipinski definition) is 4. The number of ether oxygens (including phenoxy) is 1. The summed E-state index contributed by atoms with van der Waals surface area (Å²) >= 11 is 6.60. The molecule has 3 rings (SSSR count). The molecule has 0 spiro atoms. The number of carboxylic acids is 1. The fourth-order valence-electron chi connectivity index (χ4n) is 2.62. The first-order chi connectivity index (χ1) is 14.8. The summed E-state index contributed by atoms with van der Waals surface area (Å²) in [4.78, 5) is 38.6. The van der Waals surface area contributed by atoms with Gasteiger partial charge in [-0.05, 0) is 55.6 Å². The van der Waals surface area contributed by atoms with Crippen molar-refractivity contribution in [2.75, 3.05) is 11.9 Å². The van der Waals surface area contributed by atoms with Crippen LogP contribution in [0.2, 0.25) is 0 Å². The number of nitrogens with one attached hydrogen (secondary N) is 3. The van der Waals surface area contributed by atoms with Crippen LogP contribution >= 0.6 is 31.9 Å². The van der Waals surface area contributed by atoms with Crippen LogP contribution in [-0.4, -0.2) is 34.4 Å². The molecule has 0 saturated heterocycles. The van der Waals surface area contributed by atoms with Gasteiger partial charge in [-0.15, -0.1) is 0 Å². The average Bonchev–Trinajstić information content (AvgIpc) is 3.10. The minimum Gasteiger partial charge on any atom is -0.488 e. The Labute approximate surface area is 194 Å².